The molecule has 4 aromatic heterocycles. The van der Waals surface area contributed by atoms with Crippen LogP contribution >= 0.6 is 0 Å². The number of amides is 1. The lowest BCUT2D eigenvalue weighted by Crippen LogP contribution is -2.54. The highest BCUT2D eigenvalue weighted by Gasteiger charge is 2.55. The third-order valence-electron chi connectivity index (χ3n) is 16.2. The van der Waals surface area contributed by atoms with Crippen molar-refractivity contribution in [1.82, 2.24) is 28.4 Å². The van der Waals surface area contributed by atoms with Gasteiger partial charge in [0.2, 0.25) is 10.0 Å². The predicted octanol–water partition coefficient (Wildman–Crippen LogP) is 8.05. The van der Waals surface area contributed by atoms with Gasteiger partial charge in [-0.2, -0.15) is 5.10 Å². The van der Waals surface area contributed by atoms with E-state index in [9.17, 15) is 31.4 Å². The van der Waals surface area contributed by atoms with Crippen LogP contribution in [0, 0.1) is 17.8 Å². The molecule has 1 saturated heterocycles. The molecule has 4 aromatic rings. The number of nitrogens with one attached hydrogen (secondary N) is 1. The quantitative estimate of drug-likeness (QED) is 0.0804. The Morgan fingerprint density at radius 3 is 2.03 bits per heavy atom. The summed E-state index contributed by atoms with van der Waals surface area (Å²) in [6.45, 7) is 30.4. The summed E-state index contributed by atoms with van der Waals surface area (Å²) in [5.41, 5.74) is 4.36. The number of pyridine rings is 2. The molecule has 0 radical (unpaired) electrons. The van der Waals surface area contributed by atoms with Crippen LogP contribution < -0.4 is 10.9 Å². The van der Waals surface area contributed by atoms with E-state index >= 15 is 0 Å². The number of fused-ring (bicyclic) bond motifs is 4. The van der Waals surface area contributed by atoms with Crippen LogP contribution in [0.25, 0.3) is 22.1 Å². The van der Waals surface area contributed by atoms with Gasteiger partial charge in [0.1, 0.15) is 16.9 Å². The molecule has 2 aliphatic carbocycles. The van der Waals surface area contributed by atoms with Crippen molar-refractivity contribution in [1.29, 1.82) is 0 Å². The summed E-state index contributed by atoms with van der Waals surface area (Å²) in [7, 11) is -9.00. The molecule has 3 fully saturated rings. The molecular weight excluding hydrogens is 996 g/mol. The monoisotopic (exact) mass is 1080 g/mol. The Labute approximate surface area is 441 Å². The highest BCUT2D eigenvalue weighted by Crippen LogP contribution is 2.46. The van der Waals surface area contributed by atoms with E-state index in [0.717, 1.165) is 56.0 Å². The predicted molar refractivity (Wildman–Crippen MR) is 298 cm³/mol. The van der Waals surface area contributed by atoms with Crippen molar-refractivity contribution in [2.45, 2.75) is 182 Å². The second kappa shape index (κ2) is 21.0. The molecule has 0 aromatic carbocycles. The van der Waals surface area contributed by atoms with Crippen molar-refractivity contribution in [3.8, 4) is 0 Å². The van der Waals surface area contributed by atoms with Crippen molar-refractivity contribution in [3.05, 3.63) is 48.0 Å². The van der Waals surface area contributed by atoms with Crippen molar-refractivity contribution >= 4 is 92.8 Å². The van der Waals surface area contributed by atoms with E-state index in [1.54, 1.807) is 52.1 Å². The van der Waals surface area contributed by atoms with E-state index in [1.807, 2.05) is 52.9 Å². The molecule has 0 atom stereocenters. The summed E-state index contributed by atoms with van der Waals surface area (Å²) in [5, 5.41) is 16.8. The third kappa shape index (κ3) is 10.8. The normalized spacial score (nSPS) is 21.9. The molecule has 17 nitrogen and oxygen atoms in total. The number of hydrogen-bond donors (Lipinski definition) is 2. The van der Waals surface area contributed by atoms with Gasteiger partial charge >= 0.3 is 20.3 Å². The molecule has 406 valence electrons. The zero-order valence-corrected chi connectivity index (χ0v) is 49.3. The number of H-pyrrole nitrogens is 1. The maximum absolute atomic E-state index is 14.7. The number of carbonyl (C=O) groups is 2. The van der Waals surface area contributed by atoms with Gasteiger partial charge in [0.15, 0.2) is 23.9 Å². The Bertz CT molecular complexity index is 2960. The van der Waals surface area contributed by atoms with Crippen LogP contribution in [-0.2, 0) is 33.9 Å². The average molecular weight is 1080 g/mol. The number of sulfone groups is 1. The lowest BCUT2D eigenvalue weighted by molar-refractivity contribution is 0.00578. The first-order valence-electron chi connectivity index (χ1n) is 26.6. The molecule has 2 aliphatic heterocycles. The second-order valence-electron chi connectivity index (χ2n) is 24.1. The largest absolute Gasteiger partial charge is 0.497 e. The number of carbonyl (C=O) groups excluding carboxylic acids is 2. The number of Topliss-reactive ketones (excluding diaryl/α,β-unsaturated/α-hetero) is 1. The van der Waals surface area contributed by atoms with E-state index in [-0.39, 0.29) is 47.7 Å². The number of rotatable bonds is 16. The van der Waals surface area contributed by atoms with Crippen LogP contribution in [0.1, 0.15) is 158 Å². The fraction of sp³-hybridized carbons (Fsp3) is 0.673. The van der Waals surface area contributed by atoms with Gasteiger partial charge in [0, 0.05) is 76.1 Å². The van der Waals surface area contributed by atoms with E-state index in [2.05, 4.69) is 67.0 Å². The minimum absolute atomic E-state index is 0.121. The number of nitrogens with zero attached hydrogens (tertiary/aromatic N) is 6. The van der Waals surface area contributed by atoms with E-state index in [4.69, 9.17) is 19.0 Å². The number of sulfonamides is 1. The molecule has 2 saturated carbocycles. The van der Waals surface area contributed by atoms with Crippen molar-refractivity contribution in [2.24, 2.45) is 22.9 Å². The van der Waals surface area contributed by atoms with Crippen LogP contribution in [0.4, 0.5) is 4.79 Å². The molecule has 4 aliphatic rings. The highest BCUT2D eigenvalue weighted by atomic mass is 32.2. The number of ketones is 1. The van der Waals surface area contributed by atoms with Gasteiger partial charge in [-0.1, -0.05) is 55.4 Å². The number of aromatic nitrogens is 4. The van der Waals surface area contributed by atoms with E-state index in [1.165, 1.54) is 0 Å². The average Bonchev–Trinajstić information content (AvgIpc) is 3.96. The molecule has 8 rings (SSSR count). The smallest absolute Gasteiger partial charge is 0.443 e. The molecule has 0 unspecified atom stereocenters. The van der Waals surface area contributed by atoms with E-state index in [0.29, 0.717) is 40.5 Å². The van der Waals surface area contributed by atoms with Gasteiger partial charge < -0.3 is 33.2 Å². The first-order valence-corrected chi connectivity index (χ1v) is 32.2. The Hall–Kier alpha value is -4.08. The zero-order chi connectivity index (χ0) is 54.8. The summed E-state index contributed by atoms with van der Waals surface area (Å²) in [6.07, 6.45) is 9.56. The van der Waals surface area contributed by atoms with Crippen LogP contribution in [0.2, 0.25) is 16.6 Å². The Morgan fingerprint density at radius 2 is 1.47 bits per heavy atom. The van der Waals surface area contributed by atoms with E-state index < -0.39 is 77.1 Å². The van der Waals surface area contributed by atoms with Gasteiger partial charge in [0.25, 0.3) is 0 Å². The zero-order valence-electron chi connectivity index (χ0n) is 46.6. The first-order chi connectivity index (χ1) is 34.3. The summed E-state index contributed by atoms with van der Waals surface area (Å²) in [4.78, 5) is 42.0. The molecule has 6 heterocycles. The lowest BCUT2D eigenvalue weighted by atomic mass is 9.64. The maximum Gasteiger partial charge on any atom is 0.497 e. The van der Waals surface area contributed by atoms with Crippen molar-refractivity contribution in [2.75, 3.05) is 24.3 Å². The fourth-order valence-corrected chi connectivity index (χ4v) is 22.1. The minimum Gasteiger partial charge on any atom is -0.443 e. The number of hydrogen-bond acceptors (Lipinski definition) is 14. The topological polar surface area (TPSA) is 216 Å². The minimum atomic E-state index is -3.94. The molecule has 0 bridgehead atoms. The van der Waals surface area contributed by atoms with Gasteiger partial charge in [0.05, 0.1) is 34.5 Å². The van der Waals surface area contributed by atoms with Gasteiger partial charge in [-0.25, -0.2) is 35.9 Å². The molecule has 1 amide bonds. The van der Waals surface area contributed by atoms with Crippen LogP contribution in [0.15, 0.2) is 42.0 Å². The van der Waals surface area contributed by atoms with Crippen LogP contribution in [0.5, 0.6) is 0 Å². The molecule has 0 spiro atoms. The molecule has 2 N–H and O–H groups in total. The lowest BCUT2D eigenvalue weighted by Gasteiger charge is -2.44. The standard InChI is InChI=1S/C35H58BN3O7SSi.C17H23BN4O3S/c1-15-18-47(42,43)39(32(41)44-33(8,9)10)26-19-25(20-26)30(40)29-27-16-17-38(48(22(2)3,23(4)5)24(6)7)31(27)37-21-28(29)36-45-34(11,12)35(13,14)46-36;1-3-6-26(24,25)10-11-7-12(8-11)16-15-13-4-5-19-17(13)20-9-14(15)18(23)22(2)21-16/h16-17,21-26H,15,18-20H2,1-14H3;4-5,9,11-12,23H,3,6-8,10H2,1-2H3,(H,19,20). The SMILES string of the molecule is CCCS(=O)(=O)CC1CC(C2=NN(C)B(O)c3cnc4[nH]ccc4c32)C1.CCCS(=O)(=O)N(C(=O)OC(C)(C)C)C1CC(C(=O)c2c(B3OC(C)(C)C(C)(C)O3)cnc3c2ccn3[Si](C(C)C)(C(C)C)C(C)C)C1. The highest BCUT2D eigenvalue weighted by molar-refractivity contribution is 7.91. The Kier molecular flexibility index (Phi) is 16.4. The van der Waals surface area contributed by atoms with Crippen LogP contribution in [0.3, 0.4) is 0 Å². The van der Waals surface area contributed by atoms with Gasteiger partial charge in [-0.3, -0.25) is 4.79 Å². The summed E-state index contributed by atoms with van der Waals surface area (Å²) in [5.74, 6) is 0.140. The second-order valence-corrected chi connectivity index (χ2v) is 34.1. The summed E-state index contributed by atoms with van der Waals surface area (Å²) < 4.78 is 72.5. The summed E-state index contributed by atoms with van der Waals surface area (Å²) in [6, 6.07) is 3.29. The number of ether oxygens (including phenoxy) is 1. The van der Waals surface area contributed by atoms with Crippen molar-refractivity contribution in [3.63, 3.8) is 0 Å². The number of hydrazone groups is 1. The van der Waals surface area contributed by atoms with Gasteiger partial charge in [-0.05, 0) is 128 Å². The Morgan fingerprint density at radius 1 is 0.892 bits per heavy atom. The fourth-order valence-electron chi connectivity index (χ4n) is 12.1. The number of aromatic amines is 1. The molecule has 74 heavy (non-hydrogen) atoms. The van der Waals surface area contributed by atoms with Gasteiger partial charge in [-0.15, -0.1) is 0 Å². The van der Waals surface area contributed by atoms with Crippen molar-refractivity contribution < 1.29 is 45.5 Å². The Balaban J connectivity index is 0.000000257. The third-order valence-corrected chi connectivity index (χ3v) is 27.0. The maximum atomic E-state index is 14.7. The first kappa shape index (κ1) is 57.6. The molecule has 22 heteroatoms. The summed E-state index contributed by atoms with van der Waals surface area (Å²) >= 11 is 0. The molecular formula is C52H81B2N7O10S2Si. The van der Waals surface area contributed by atoms with Crippen LogP contribution in [-0.4, -0.2) is 137 Å².